The van der Waals surface area contributed by atoms with Crippen LogP contribution in [0.25, 0.3) is 0 Å². The van der Waals surface area contributed by atoms with E-state index in [0.29, 0.717) is 24.3 Å². The Hall–Kier alpha value is -2.71. The zero-order valence-corrected chi connectivity index (χ0v) is 18.9. The van der Waals surface area contributed by atoms with Gasteiger partial charge in [0.05, 0.1) is 10.5 Å². The Labute approximate surface area is 183 Å². The molecule has 0 spiro atoms. The first-order valence-electron chi connectivity index (χ1n) is 10.4. The highest BCUT2D eigenvalue weighted by molar-refractivity contribution is 7.89. The minimum atomic E-state index is -3.69. The third-order valence-corrected chi connectivity index (χ3v) is 7.34. The van der Waals surface area contributed by atoms with Crippen LogP contribution in [0.4, 0.5) is 5.69 Å². The van der Waals surface area contributed by atoms with E-state index in [-0.39, 0.29) is 10.5 Å². The van der Waals surface area contributed by atoms with Gasteiger partial charge in [0.1, 0.15) is 0 Å². The number of ether oxygens (including phenoxy) is 1. The molecule has 1 unspecified atom stereocenters. The normalized spacial score (nSPS) is 15.8. The van der Waals surface area contributed by atoms with Crippen LogP contribution in [0.5, 0.6) is 0 Å². The number of anilines is 1. The molecule has 1 amide bonds. The van der Waals surface area contributed by atoms with Crippen molar-refractivity contribution < 1.29 is 22.7 Å². The highest BCUT2D eigenvalue weighted by atomic mass is 32.2. The SMILES string of the molecule is Cc1cccc(NC(=O)C(C)OC(=O)c2ccc(C)c(S(=O)(=O)N3CCCCC3)c2)c1. The van der Waals surface area contributed by atoms with Crippen molar-refractivity contribution in [2.24, 2.45) is 0 Å². The molecule has 1 saturated heterocycles. The summed E-state index contributed by atoms with van der Waals surface area (Å²) in [5.74, 6) is -1.21. The molecule has 0 aliphatic carbocycles. The van der Waals surface area contributed by atoms with Crippen molar-refractivity contribution in [2.45, 2.75) is 51.0 Å². The number of amides is 1. The standard InChI is InChI=1S/C23H28N2O5S/c1-16-8-7-9-20(14-16)24-22(26)18(3)30-23(27)19-11-10-17(2)21(15-19)31(28,29)25-12-5-4-6-13-25/h7-11,14-15,18H,4-6,12-13H2,1-3H3,(H,24,26). The average Bonchev–Trinajstić information content (AvgIpc) is 2.74. The fourth-order valence-electron chi connectivity index (χ4n) is 3.50. The minimum Gasteiger partial charge on any atom is -0.449 e. The maximum absolute atomic E-state index is 13.1. The van der Waals surface area contributed by atoms with Gasteiger partial charge in [-0.2, -0.15) is 4.31 Å². The molecule has 31 heavy (non-hydrogen) atoms. The third kappa shape index (κ3) is 5.51. The molecule has 0 bridgehead atoms. The Morgan fingerprint density at radius 2 is 1.74 bits per heavy atom. The first-order chi connectivity index (χ1) is 14.7. The lowest BCUT2D eigenvalue weighted by molar-refractivity contribution is -0.123. The molecule has 2 aromatic carbocycles. The van der Waals surface area contributed by atoms with E-state index in [1.165, 1.54) is 23.4 Å². The van der Waals surface area contributed by atoms with Crippen molar-refractivity contribution in [2.75, 3.05) is 18.4 Å². The van der Waals surface area contributed by atoms with Gasteiger partial charge in [-0.3, -0.25) is 4.79 Å². The lowest BCUT2D eigenvalue weighted by Crippen LogP contribution is -2.36. The van der Waals surface area contributed by atoms with E-state index in [4.69, 9.17) is 4.74 Å². The molecule has 2 aromatic rings. The monoisotopic (exact) mass is 444 g/mol. The van der Waals surface area contributed by atoms with Crippen LogP contribution >= 0.6 is 0 Å². The van der Waals surface area contributed by atoms with Gasteiger partial charge in [-0.25, -0.2) is 13.2 Å². The predicted octanol–water partition coefficient (Wildman–Crippen LogP) is 3.66. The zero-order chi connectivity index (χ0) is 22.6. The number of nitrogens with one attached hydrogen (secondary N) is 1. The van der Waals surface area contributed by atoms with E-state index in [1.807, 2.05) is 25.1 Å². The summed E-state index contributed by atoms with van der Waals surface area (Å²) in [7, 11) is -3.69. The van der Waals surface area contributed by atoms with E-state index in [0.717, 1.165) is 24.8 Å². The molecule has 8 heteroatoms. The number of benzene rings is 2. The summed E-state index contributed by atoms with van der Waals surface area (Å²) < 4.78 is 32.9. The number of sulfonamides is 1. The fraction of sp³-hybridized carbons (Fsp3) is 0.391. The van der Waals surface area contributed by atoms with Crippen LogP contribution in [0.15, 0.2) is 47.4 Å². The van der Waals surface area contributed by atoms with E-state index in [2.05, 4.69) is 5.32 Å². The third-order valence-electron chi connectivity index (χ3n) is 5.30. The number of carbonyl (C=O) groups is 2. The summed E-state index contributed by atoms with van der Waals surface area (Å²) in [4.78, 5) is 25.1. The molecule has 0 saturated carbocycles. The quantitative estimate of drug-likeness (QED) is 0.687. The van der Waals surface area contributed by atoms with E-state index in [1.54, 1.807) is 19.1 Å². The van der Waals surface area contributed by atoms with Gasteiger partial charge in [0.2, 0.25) is 10.0 Å². The van der Waals surface area contributed by atoms with Crippen molar-refractivity contribution in [3.05, 3.63) is 59.2 Å². The van der Waals surface area contributed by atoms with Crippen LogP contribution in [0.1, 0.15) is 47.7 Å². The molecule has 3 rings (SSSR count). The molecular formula is C23H28N2O5S. The smallest absolute Gasteiger partial charge is 0.338 e. The summed E-state index contributed by atoms with van der Waals surface area (Å²) in [6.07, 6.45) is 1.62. The van der Waals surface area contributed by atoms with E-state index < -0.39 is 28.0 Å². The van der Waals surface area contributed by atoms with Gasteiger partial charge < -0.3 is 10.1 Å². The Morgan fingerprint density at radius 3 is 2.42 bits per heavy atom. The zero-order valence-electron chi connectivity index (χ0n) is 18.1. The Balaban J connectivity index is 1.73. The lowest BCUT2D eigenvalue weighted by Gasteiger charge is -2.26. The van der Waals surface area contributed by atoms with E-state index >= 15 is 0 Å². The predicted molar refractivity (Wildman–Crippen MR) is 118 cm³/mol. The van der Waals surface area contributed by atoms with Crippen molar-refractivity contribution >= 4 is 27.6 Å². The number of hydrogen-bond donors (Lipinski definition) is 1. The first kappa shape index (κ1) is 23.0. The van der Waals surface area contributed by atoms with Gasteiger partial charge >= 0.3 is 5.97 Å². The largest absolute Gasteiger partial charge is 0.449 e. The number of esters is 1. The first-order valence-corrected chi connectivity index (χ1v) is 11.8. The summed E-state index contributed by atoms with van der Waals surface area (Å²) in [6.45, 7) is 6.04. The van der Waals surface area contributed by atoms with Crippen LogP contribution < -0.4 is 5.32 Å². The number of rotatable bonds is 6. The highest BCUT2D eigenvalue weighted by Gasteiger charge is 2.29. The summed E-state index contributed by atoms with van der Waals surface area (Å²) in [6, 6.07) is 11.7. The maximum atomic E-state index is 13.1. The topological polar surface area (TPSA) is 92.8 Å². The molecule has 7 nitrogen and oxygen atoms in total. The number of carbonyl (C=O) groups excluding carboxylic acids is 2. The van der Waals surface area contributed by atoms with Gasteiger partial charge in [-0.05, 0) is 69.0 Å². The van der Waals surface area contributed by atoms with Crippen molar-refractivity contribution in [3.8, 4) is 0 Å². The molecule has 1 aliphatic rings. The number of piperidine rings is 1. The Bertz CT molecular complexity index is 1080. The molecule has 0 aromatic heterocycles. The van der Waals surface area contributed by atoms with Crippen LogP contribution in [-0.2, 0) is 19.6 Å². The van der Waals surface area contributed by atoms with E-state index in [9.17, 15) is 18.0 Å². The number of aryl methyl sites for hydroxylation is 2. The number of nitrogens with zero attached hydrogens (tertiary/aromatic N) is 1. The van der Waals surface area contributed by atoms with Crippen molar-refractivity contribution in [1.82, 2.24) is 4.31 Å². The van der Waals surface area contributed by atoms with Crippen LogP contribution in [0, 0.1) is 13.8 Å². The molecular weight excluding hydrogens is 416 g/mol. The van der Waals surface area contributed by atoms with Gasteiger partial charge in [-0.15, -0.1) is 0 Å². The number of hydrogen-bond acceptors (Lipinski definition) is 5. The second kappa shape index (κ2) is 9.62. The second-order valence-corrected chi connectivity index (χ2v) is 9.76. The molecule has 166 valence electrons. The molecule has 0 radical (unpaired) electrons. The highest BCUT2D eigenvalue weighted by Crippen LogP contribution is 2.25. The minimum absolute atomic E-state index is 0.0939. The molecule has 1 fully saturated rings. The van der Waals surface area contributed by atoms with Gasteiger partial charge in [0.15, 0.2) is 6.10 Å². The summed E-state index contributed by atoms with van der Waals surface area (Å²) in [5.41, 5.74) is 2.26. The molecule has 1 N–H and O–H groups in total. The summed E-state index contributed by atoms with van der Waals surface area (Å²) >= 11 is 0. The van der Waals surface area contributed by atoms with Gasteiger partial charge in [0, 0.05) is 18.8 Å². The second-order valence-electron chi connectivity index (χ2n) is 7.85. The summed E-state index contributed by atoms with van der Waals surface area (Å²) in [5, 5.41) is 2.71. The van der Waals surface area contributed by atoms with Gasteiger partial charge in [0.25, 0.3) is 5.91 Å². The van der Waals surface area contributed by atoms with Crippen LogP contribution in [0.2, 0.25) is 0 Å². The van der Waals surface area contributed by atoms with Crippen molar-refractivity contribution in [1.29, 1.82) is 0 Å². The molecule has 1 heterocycles. The molecule has 1 aliphatic heterocycles. The van der Waals surface area contributed by atoms with Crippen molar-refractivity contribution in [3.63, 3.8) is 0 Å². The maximum Gasteiger partial charge on any atom is 0.338 e. The average molecular weight is 445 g/mol. The Kier molecular flexibility index (Phi) is 7.12. The molecule has 1 atom stereocenters. The van der Waals surface area contributed by atoms with Crippen LogP contribution in [0.3, 0.4) is 0 Å². The van der Waals surface area contributed by atoms with Crippen LogP contribution in [-0.4, -0.2) is 43.8 Å². The van der Waals surface area contributed by atoms with Gasteiger partial charge in [-0.1, -0.05) is 24.6 Å². The Morgan fingerprint density at radius 1 is 1.03 bits per heavy atom. The fourth-order valence-corrected chi connectivity index (χ4v) is 5.27. The lowest BCUT2D eigenvalue weighted by atomic mass is 10.1.